The summed E-state index contributed by atoms with van der Waals surface area (Å²) in [5, 5.41) is 23.0. The summed E-state index contributed by atoms with van der Waals surface area (Å²) in [6.07, 6.45) is 0. The maximum atomic E-state index is 9.00. The summed E-state index contributed by atoms with van der Waals surface area (Å²) in [4.78, 5) is 0. The van der Waals surface area contributed by atoms with Crippen molar-refractivity contribution in [2.75, 3.05) is 5.32 Å². The molecule has 0 fully saturated rings. The van der Waals surface area contributed by atoms with Crippen LogP contribution in [0, 0.1) is 11.3 Å². The topological polar surface area (TPSA) is 74.5 Å². The average Bonchev–Trinajstić information content (AvgIpc) is 3.12. The minimum atomic E-state index is 0.229. The van der Waals surface area contributed by atoms with E-state index in [9.17, 15) is 0 Å². The number of aromatic nitrogens is 3. The smallest absolute Gasteiger partial charge is 0.162 e. The molecule has 0 saturated heterocycles. The zero-order valence-corrected chi connectivity index (χ0v) is 13.0. The number of nitriles is 1. The van der Waals surface area contributed by atoms with E-state index in [0.717, 1.165) is 27.1 Å². The highest BCUT2D eigenvalue weighted by Crippen LogP contribution is 2.29. The molecule has 3 rings (SSSR count). The molecule has 1 N–H and O–H groups in total. The molecule has 0 saturated carbocycles. The first kappa shape index (κ1) is 13.9. The minimum Gasteiger partial charge on any atom is -0.368 e. The second-order valence-electron chi connectivity index (χ2n) is 4.01. The molecule has 0 amide bonds. The molecule has 104 valence electrons. The molecule has 0 unspecified atom stereocenters. The molecule has 1 aromatic carbocycles. The van der Waals surface area contributed by atoms with Gasteiger partial charge < -0.3 is 5.32 Å². The minimum absolute atomic E-state index is 0.229. The molecule has 0 spiro atoms. The Balaban J connectivity index is 1.72. The number of nitrogens with zero attached hydrogens (tertiary/aromatic N) is 4. The standard InChI is InChI=1S/C13H8ClN5S2/c14-11-9(6-15)13(21-19-11)16-7-10-17-18-12(20-10)8-4-2-1-3-5-8/h1-5,16H,7H2. The van der Waals surface area contributed by atoms with Crippen LogP contribution in [0.15, 0.2) is 30.3 Å². The first-order valence-electron chi connectivity index (χ1n) is 5.95. The van der Waals surface area contributed by atoms with E-state index >= 15 is 0 Å². The van der Waals surface area contributed by atoms with Crippen LogP contribution < -0.4 is 5.32 Å². The largest absolute Gasteiger partial charge is 0.368 e. The summed E-state index contributed by atoms with van der Waals surface area (Å²) in [7, 11) is 0. The number of rotatable bonds is 4. The van der Waals surface area contributed by atoms with E-state index in [1.165, 1.54) is 11.3 Å². The number of hydrogen-bond acceptors (Lipinski definition) is 7. The van der Waals surface area contributed by atoms with Gasteiger partial charge in [0.1, 0.15) is 26.6 Å². The Bertz CT molecular complexity index is 791. The van der Waals surface area contributed by atoms with Crippen molar-refractivity contribution in [2.45, 2.75) is 6.54 Å². The second-order valence-corrected chi connectivity index (χ2v) is 6.20. The Hall–Kier alpha value is -2.01. The predicted molar refractivity (Wildman–Crippen MR) is 84.5 cm³/mol. The van der Waals surface area contributed by atoms with Crippen LogP contribution in [-0.2, 0) is 6.54 Å². The summed E-state index contributed by atoms with van der Waals surface area (Å²) in [5.41, 5.74) is 1.41. The Kier molecular flexibility index (Phi) is 4.10. The lowest BCUT2D eigenvalue weighted by atomic mass is 10.2. The van der Waals surface area contributed by atoms with Gasteiger partial charge in [-0.3, -0.25) is 0 Å². The summed E-state index contributed by atoms with van der Waals surface area (Å²) in [5.74, 6) is 0. The van der Waals surface area contributed by atoms with E-state index in [1.807, 2.05) is 36.4 Å². The van der Waals surface area contributed by atoms with Gasteiger partial charge in [-0.05, 0) is 11.5 Å². The van der Waals surface area contributed by atoms with Crippen LogP contribution in [0.1, 0.15) is 10.6 Å². The fourth-order valence-corrected chi connectivity index (χ4v) is 3.38. The van der Waals surface area contributed by atoms with Crippen LogP contribution in [0.25, 0.3) is 10.6 Å². The lowest BCUT2D eigenvalue weighted by Gasteiger charge is -1.99. The van der Waals surface area contributed by atoms with E-state index in [2.05, 4.69) is 19.9 Å². The van der Waals surface area contributed by atoms with Crippen molar-refractivity contribution in [3.63, 3.8) is 0 Å². The van der Waals surface area contributed by atoms with E-state index in [0.29, 0.717) is 17.1 Å². The Morgan fingerprint density at radius 3 is 2.81 bits per heavy atom. The number of hydrogen-bond donors (Lipinski definition) is 1. The number of nitrogens with one attached hydrogen (secondary N) is 1. The monoisotopic (exact) mass is 333 g/mol. The molecule has 0 bridgehead atoms. The normalized spacial score (nSPS) is 10.3. The molecule has 0 atom stereocenters. The second kappa shape index (κ2) is 6.18. The van der Waals surface area contributed by atoms with Crippen molar-refractivity contribution in [3.8, 4) is 16.6 Å². The molecule has 8 heteroatoms. The number of benzene rings is 1. The van der Waals surface area contributed by atoms with Crippen LogP contribution in [0.4, 0.5) is 5.00 Å². The highest BCUT2D eigenvalue weighted by Gasteiger charge is 2.12. The van der Waals surface area contributed by atoms with Crippen molar-refractivity contribution >= 4 is 39.5 Å². The third-order valence-electron chi connectivity index (χ3n) is 2.65. The van der Waals surface area contributed by atoms with E-state index in [4.69, 9.17) is 16.9 Å². The van der Waals surface area contributed by atoms with Gasteiger partial charge in [0.15, 0.2) is 5.15 Å². The van der Waals surface area contributed by atoms with E-state index in [1.54, 1.807) is 0 Å². The highest BCUT2D eigenvalue weighted by atomic mass is 35.5. The van der Waals surface area contributed by atoms with Crippen LogP contribution >= 0.6 is 34.5 Å². The molecule has 0 aliphatic rings. The molecular formula is C13H8ClN5S2. The van der Waals surface area contributed by atoms with Crippen LogP contribution in [0.2, 0.25) is 5.15 Å². The molecule has 0 radical (unpaired) electrons. The van der Waals surface area contributed by atoms with Gasteiger partial charge in [0.2, 0.25) is 0 Å². The maximum Gasteiger partial charge on any atom is 0.162 e. The fraction of sp³-hybridized carbons (Fsp3) is 0.0769. The third-order valence-corrected chi connectivity index (χ3v) is 4.80. The molecule has 0 aliphatic carbocycles. The van der Waals surface area contributed by atoms with Gasteiger partial charge in [0.25, 0.3) is 0 Å². The average molecular weight is 334 g/mol. The summed E-state index contributed by atoms with van der Waals surface area (Å²) in [6.45, 7) is 0.484. The quantitative estimate of drug-likeness (QED) is 0.786. The van der Waals surface area contributed by atoms with Gasteiger partial charge in [0.05, 0.1) is 6.54 Å². The van der Waals surface area contributed by atoms with Crippen LogP contribution in [0.3, 0.4) is 0 Å². The van der Waals surface area contributed by atoms with Crippen molar-refractivity contribution in [1.82, 2.24) is 14.6 Å². The first-order valence-corrected chi connectivity index (χ1v) is 7.91. The van der Waals surface area contributed by atoms with Gasteiger partial charge in [0, 0.05) is 5.56 Å². The van der Waals surface area contributed by atoms with Gasteiger partial charge >= 0.3 is 0 Å². The van der Waals surface area contributed by atoms with Crippen LogP contribution in [0.5, 0.6) is 0 Å². The first-order chi connectivity index (χ1) is 10.3. The van der Waals surface area contributed by atoms with Crippen molar-refractivity contribution in [1.29, 1.82) is 5.26 Å². The van der Waals surface area contributed by atoms with E-state index < -0.39 is 0 Å². The van der Waals surface area contributed by atoms with Crippen LogP contribution in [-0.4, -0.2) is 14.6 Å². The summed E-state index contributed by atoms with van der Waals surface area (Å²) >= 11 is 8.50. The maximum absolute atomic E-state index is 9.00. The van der Waals surface area contributed by atoms with Crippen molar-refractivity contribution in [2.24, 2.45) is 0 Å². The highest BCUT2D eigenvalue weighted by molar-refractivity contribution is 7.14. The number of halogens is 1. The predicted octanol–water partition coefficient (Wildman–Crippen LogP) is 3.80. The molecule has 3 aromatic rings. The number of anilines is 1. The van der Waals surface area contributed by atoms with Crippen molar-refractivity contribution in [3.05, 3.63) is 46.1 Å². The van der Waals surface area contributed by atoms with Gasteiger partial charge in [-0.2, -0.15) is 9.64 Å². The molecule has 5 nitrogen and oxygen atoms in total. The molecule has 0 aliphatic heterocycles. The zero-order valence-electron chi connectivity index (χ0n) is 10.6. The van der Waals surface area contributed by atoms with Gasteiger partial charge in [-0.15, -0.1) is 10.2 Å². The lowest BCUT2D eigenvalue weighted by molar-refractivity contribution is 0.994. The molecule has 2 aromatic heterocycles. The molecule has 21 heavy (non-hydrogen) atoms. The summed E-state index contributed by atoms with van der Waals surface area (Å²) < 4.78 is 3.94. The van der Waals surface area contributed by atoms with Gasteiger partial charge in [-0.25, -0.2) is 0 Å². The van der Waals surface area contributed by atoms with E-state index in [-0.39, 0.29) is 5.15 Å². The Labute approximate surface area is 134 Å². The fourth-order valence-electron chi connectivity index (χ4n) is 1.67. The molecular weight excluding hydrogens is 326 g/mol. The summed E-state index contributed by atoms with van der Waals surface area (Å²) in [6, 6.07) is 11.9. The van der Waals surface area contributed by atoms with Gasteiger partial charge in [-0.1, -0.05) is 53.3 Å². The lowest BCUT2D eigenvalue weighted by Crippen LogP contribution is -1.98. The Morgan fingerprint density at radius 2 is 2.05 bits per heavy atom. The SMILES string of the molecule is N#Cc1c(Cl)nsc1NCc1nnc(-c2ccccc2)s1. The zero-order chi connectivity index (χ0) is 14.7. The van der Waals surface area contributed by atoms with Crippen molar-refractivity contribution < 1.29 is 0 Å². The Morgan fingerprint density at radius 1 is 1.24 bits per heavy atom. The molecule has 2 heterocycles. The third kappa shape index (κ3) is 3.03.